The molecule has 8 heteroatoms. The molecule has 0 bridgehead atoms. The van der Waals surface area contributed by atoms with E-state index in [1.165, 1.54) is 12.1 Å². The van der Waals surface area contributed by atoms with E-state index >= 15 is 0 Å². The molecule has 2 aromatic carbocycles. The number of carbonyl (C=O) groups excluding carboxylic acids is 1. The molecule has 0 spiro atoms. The number of nitro groups is 1. The molecule has 2 aromatic rings. The highest BCUT2D eigenvalue weighted by atomic mass is 16.6. The van der Waals surface area contributed by atoms with Crippen molar-refractivity contribution in [2.24, 2.45) is 0 Å². The van der Waals surface area contributed by atoms with Crippen molar-refractivity contribution in [3.8, 4) is 0 Å². The summed E-state index contributed by atoms with van der Waals surface area (Å²) in [5.74, 6) is 0. The number of alkyl carbamates (subject to hydrolysis) is 1. The summed E-state index contributed by atoms with van der Waals surface area (Å²) in [6.45, 7) is 1.90. The van der Waals surface area contributed by atoms with Crippen LogP contribution in [-0.4, -0.2) is 33.9 Å². The molecule has 0 saturated heterocycles. The maximum atomic E-state index is 11.7. The number of benzene rings is 2. The van der Waals surface area contributed by atoms with Crippen LogP contribution in [0.3, 0.4) is 0 Å². The fourth-order valence-electron chi connectivity index (χ4n) is 2.54. The van der Waals surface area contributed by atoms with E-state index in [9.17, 15) is 25.1 Å². The van der Waals surface area contributed by atoms with Gasteiger partial charge in [0.1, 0.15) is 12.7 Å². The molecule has 2 rings (SSSR count). The molecule has 0 aromatic heterocycles. The second-order valence-corrected chi connectivity index (χ2v) is 6.11. The summed E-state index contributed by atoms with van der Waals surface area (Å²) in [6.07, 6.45) is -3.36. The second-order valence-electron chi connectivity index (χ2n) is 6.11. The zero-order valence-corrected chi connectivity index (χ0v) is 14.9. The van der Waals surface area contributed by atoms with E-state index in [0.717, 1.165) is 11.1 Å². The van der Waals surface area contributed by atoms with Crippen LogP contribution in [0, 0.1) is 17.0 Å². The molecule has 2 atom stereocenters. The SMILES string of the molecule is Cc1ccc([N+](=O)[O-])c(C(O)C(O)CCNC(=O)OCc2ccccc2)c1. The molecular formula is C19H22N2O6. The van der Waals surface area contributed by atoms with Crippen LogP contribution in [0.2, 0.25) is 0 Å². The van der Waals surface area contributed by atoms with Gasteiger partial charge in [-0.1, -0.05) is 42.0 Å². The number of aliphatic hydroxyl groups is 2. The van der Waals surface area contributed by atoms with E-state index in [1.54, 1.807) is 13.0 Å². The van der Waals surface area contributed by atoms with Crippen molar-refractivity contribution in [1.82, 2.24) is 5.32 Å². The number of hydrogen-bond donors (Lipinski definition) is 3. The van der Waals surface area contributed by atoms with Gasteiger partial charge in [0.2, 0.25) is 0 Å². The number of nitro benzene ring substituents is 1. The summed E-state index contributed by atoms with van der Waals surface area (Å²) < 4.78 is 5.04. The molecule has 2 unspecified atom stereocenters. The fraction of sp³-hybridized carbons (Fsp3) is 0.316. The van der Waals surface area contributed by atoms with Gasteiger partial charge in [0.15, 0.2) is 0 Å². The molecule has 0 fully saturated rings. The van der Waals surface area contributed by atoms with Crippen LogP contribution in [0.1, 0.15) is 29.2 Å². The van der Waals surface area contributed by atoms with Crippen molar-refractivity contribution in [2.45, 2.75) is 32.2 Å². The molecule has 0 radical (unpaired) electrons. The minimum atomic E-state index is -1.44. The lowest BCUT2D eigenvalue weighted by Gasteiger charge is -2.18. The first kappa shape index (κ1) is 20.3. The quantitative estimate of drug-likeness (QED) is 0.482. The summed E-state index contributed by atoms with van der Waals surface area (Å²) in [6, 6.07) is 13.5. The number of hydrogen-bond acceptors (Lipinski definition) is 6. The van der Waals surface area contributed by atoms with Crippen LogP contribution in [0.15, 0.2) is 48.5 Å². The second kappa shape index (κ2) is 9.65. The zero-order chi connectivity index (χ0) is 19.8. The van der Waals surface area contributed by atoms with Crippen molar-refractivity contribution < 1.29 is 24.7 Å². The third kappa shape index (κ3) is 6.05. The first-order chi connectivity index (χ1) is 12.9. The molecule has 8 nitrogen and oxygen atoms in total. The van der Waals surface area contributed by atoms with Gasteiger partial charge in [0.05, 0.1) is 16.6 Å². The molecule has 0 aliphatic carbocycles. The number of aliphatic hydroxyl groups excluding tert-OH is 2. The summed E-state index contributed by atoms with van der Waals surface area (Å²) in [4.78, 5) is 22.1. The third-order valence-electron chi connectivity index (χ3n) is 3.99. The lowest BCUT2D eigenvalue weighted by Crippen LogP contribution is -2.30. The number of ether oxygens (including phenoxy) is 1. The Hall–Kier alpha value is -2.97. The van der Waals surface area contributed by atoms with Gasteiger partial charge in [-0.25, -0.2) is 4.79 Å². The van der Waals surface area contributed by atoms with Crippen molar-refractivity contribution in [2.75, 3.05) is 6.54 Å². The number of nitrogens with one attached hydrogen (secondary N) is 1. The highest BCUT2D eigenvalue weighted by Gasteiger charge is 2.26. The van der Waals surface area contributed by atoms with Crippen LogP contribution in [0.25, 0.3) is 0 Å². The van der Waals surface area contributed by atoms with E-state index in [-0.39, 0.29) is 30.8 Å². The number of nitrogens with zero attached hydrogens (tertiary/aromatic N) is 1. The van der Waals surface area contributed by atoms with Gasteiger partial charge < -0.3 is 20.3 Å². The number of carbonyl (C=O) groups is 1. The van der Waals surface area contributed by atoms with Crippen LogP contribution in [0.5, 0.6) is 0 Å². The van der Waals surface area contributed by atoms with Crippen molar-refractivity contribution in [3.63, 3.8) is 0 Å². The number of rotatable bonds is 8. The molecular weight excluding hydrogens is 352 g/mol. The Labute approximate surface area is 156 Å². The van der Waals surface area contributed by atoms with Gasteiger partial charge in [-0.05, 0) is 25.0 Å². The standard InChI is InChI=1S/C19H22N2O6/c1-13-7-8-16(21(25)26)15(11-13)18(23)17(22)9-10-20-19(24)27-12-14-5-3-2-4-6-14/h2-8,11,17-18,22-23H,9-10,12H2,1H3,(H,20,24). The van der Waals surface area contributed by atoms with Crippen LogP contribution in [-0.2, 0) is 11.3 Å². The van der Waals surface area contributed by atoms with Crippen LogP contribution >= 0.6 is 0 Å². The molecule has 0 aliphatic rings. The van der Waals surface area contributed by atoms with Gasteiger partial charge in [-0.3, -0.25) is 10.1 Å². The van der Waals surface area contributed by atoms with Gasteiger partial charge in [-0.2, -0.15) is 0 Å². The lowest BCUT2D eigenvalue weighted by molar-refractivity contribution is -0.386. The Morgan fingerprint density at radius 2 is 1.93 bits per heavy atom. The minimum absolute atomic E-state index is 0.00665. The minimum Gasteiger partial charge on any atom is -0.445 e. The highest BCUT2D eigenvalue weighted by Crippen LogP contribution is 2.29. The van der Waals surface area contributed by atoms with Crippen molar-refractivity contribution in [3.05, 3.63) is 75.3 Å². The summed E-state index contributed by atoms with van der Waals surface area (Å²) >= 11 is 0. The lowest BCUT2D eigenvalue weighted by atomic mass is 9.98. The first-order valence-corrected chi connectivity index (χ1v) is 8.44. The highest BCUT2D eigenvalue weighted by molar-refractivity contribution is 5.67. The summed E-state index contributed by atoms with van der Waals surface area (Å²) in [5, 5.41) is 34.0. The van der Waals surface area contributed by atoms with Gasteiger partial charge in [-0.15, -0.1) is 0 Å². The molecule has 0 aliphatic heterocycles. The van der Waals surface area contributed by atoms with Gasteiger partial charge >= 0.3 is 6.09 Å². The van der Waals surface area contributed by atoms with Gasteiger partial charge in [0, 0.05) is 12.6 Å². The number of aryl methyl sites for hydroxylation is 1. The van der Waals surface area contributed by atoms with E-state index in [2.05, 4.69) is 5.32 Å². The summed E-state index contributed by atoms with van der Waals surface area (Å²) in [5.41, 5.74) is 1.35. The third-order valence-corrected chi connectivity index (χ3v) is 3.99. The smallest absolute Gasteiger partial charge is 0.407 e. The summed E-state index contributed by atoms with van der Waals surface area (Å²) in [7, 11) is 0. The van der Waals surface area contributed by atoms with Gasteiger partial charge in [0.25, 0.3) is 5.69 Å². The number of amides is 1. The van der Waals surface area contributed by atoms with E-state index in [4.69, 9.17) is 4.74 Å². The molecule has 27 heavy (non-hydrogen) atoms. The molecule has 3 N–H and O–H groups in total. The Morgan fingerprint density at radius 1 is 1.22 bits per heavy atom. The Balaban J connectivity index is 1.83. The van der Waals surface area contributed by atoms with E-state index in [0.29, 0.717) is 0 Å². The average molecular weight is 374 g/mol. The van der Waals surface area contributed by atoms with Crippen LogP contribution in [0.4, 0.5) is 10.5 Å². The molecule has 144 valence electrons. The Bertz CT molecular complexity index is 781. The predicted molar refractivity (Wildman–Crippen MR) is 98.0 cm³/mol. The largest absolute Gasteiger partial charge is 0.445 e. The topological polar surface area (TPSA) is 122 Å². The van der Waals surface area contributed by atoms with Crippen LogP contribution < -0.4 is 5.32 Å². The normalized spacial score (nSPS) is 12.9. The zero-order valence-electron chi connectivity index (χ0n) is 14.9. The van der Waals surface area contributed by atoms with E-state index in [1.807, 2.05) is 30.3 Å². The van der Waals surface area contributed by atoms with Crippen molar-refractivity contribution in [1.29, 1.82) is 0 Å². The average Bonchev–Trinajstić information content (AvgIpc) is 2.66. The maximum Gasteiger partial charge on any atom is 0.407 e. The van der Waals surface area contributed by atoms with Crippen molar-refractivity contribution >= 4 is 11.8 Å². The van der Waals surface area contributed by atoms with E-state index < -0.39 is 23.2 Å². The molecule has 1 amide bonds. The molecule has 0 heterocycles. The Kier molecular flexibility index (Phi) is 7.27. The fourth-order valence-corrected chi connectivity index (χ4v) is 2.54. The molecule has 0 saturated carbocycles. The maximum absolute atomic E-state index is 11.7. The monoisotopic (exact) mass is 374 g/mol. The first-order valence-electron chi connectivity index (χ1n) is 8.44. The predicted octanol–water partition coefficient (Wildman–Crippen LogP) is 2.61. The Morgan fingerprint density at radius 3 is 2.59 bits per heavy atom.